The van der Waals surface area contributed by atoms with Crippen LogP contribution in [0, 0.1) is 10.1 Å². The second kappa shape index (κ2) is 9.92. The third-order valence-corrected chi connectivity index (χ3v) is 6.16. The summed E-state index contributed by atoms with van der Waals surface area (Å²) in [5, 5.41) is 22.3. The van der Waals surface area contributed by atoms with Gasteiger partial charge in [0.1, 0.15) is 11.8 Å². The average molecular weight is 480 g/mol. The summed E-state index contributed by atoms with van der Waals surface area (Å²) in [6.45, 7) is 2.65. The number of hydrogen-bond acceptors (Lipinski definition) is 8. The molecule has 2 amide bonds. The lowest BCUT2D eigenvalue weighted by molar-refractivity contribution is -0.384. The Morgan fingerprint density at radius 1 is 1.20 bits per heavy atom. The Kier molecular flexibility index (Phi) is 6.76. The monoisotopic (exact) mass is 480 g/mol. The molecule has 0 radical (unpaired) electrons. The topological polar surface area (TPSA) is 143 Å². The molecule has 182 valence electrons. The molecule has 1 aromatic carbocycles. The molecule has 2 fully saturated rings. The maximum atomic E-state index is 13.2. The van der Waals surface area contributed by atoms with Gasteiger partial charge in [0.2, 0.25) is 0 Å². The van der Waals surface area contributed by atoms with Crippen LogP contribution in [-0.2, 0) is 14.3 Å². The number of carbonyl (C=O) groups excluding carboxylic acids is 3. The van der Waals surface area contributed by atoms with Gasteiger partial charge < -0.3 is 19.6 Å². The Balaban J connectivity index is 1.74. The highest BCUT2D eigenvalue weighted by Gasteiger charge is 2.50. The van der Waals surface area contributed by atoms with E-state index in [9.17, 15) is 29.6 Å². The molecule has 0 spiro atoms. The highest BCUT2D eigenvalue weighted by Crippen LogP contribution is 2.41. The number of non-ortho nitro benzene ring substituents is 1. The van der Waals surface area contributed by atoms with Crippen molar-refractivity contribution in [2.75, 3.05) is 19.7 Å². The van der Waals surface area contributed by atoms with Crippen molar-refractivity contribution >= 4 is 29.2 Å². The first-order valence-electron chi connectivity index (χ1n) is 11.2. The van der Waals surface area contributed by atoms with Crippen molar-refractivity contribution in [3.05, 3.63) is 75.6 Å². The van der Waals surface area contributed by atoms with Crippen molar-refractivity contribution in [3.63, 3.8) is 0 Å². The van der Waals surface area contributed by atoms with Crippen molar-refractivity contribution in [2.45, 2.75) is 31.8 Å². The number of hydrogen-bond donors (Lipinski definition) is 1. The molecule has 2 aliphatic heterocycles. The minimum Gasteiger partial charge on any atom is -0.507 e. The van der Waals surface area contributed by atoms with Gasteiger partial charge in [0, 0.05) is 43.0 Å². The molecule has 1 unspecified atom stereocenters. The standard InChI is InChI=1S/C24H24N4O7/c1-2-35-24(32)26-12-9-16(10-13-26)27-20(18-8-3-4-11-25-18)19(22(30)23(27)31)21(29)15-6-5-7-17(14-15)28(33)34/h3-8,11,14,16,20,29H,2,9-10,12-13H2,1H3/b21-19+. The summed E-state index contributed by atoms with van der Waals surface area (Å²) in [6.07, 6.45) is 1.91. The molecule has 2 saturated heterocycles. The number of carbonyl (C=O) groups is 3. The molecule has 35 heavy (non-hydrogen) atoms. The lowest BCUT2D eigenvalue weighted by Gasteiger charge is -2.38. The summed E-state index contributed by atoms with van der Waals surface area (Å²) >= 11 is 0. The van der Waals surface area contributed by atoms with Gasteiger partial charge in [-0.2, -0.15) is 0 Å². The van der Waals surface area contributed by atoms with Gasteiger partial charge in [-0.25, -0.2) is 4.79 Å². The Labute approximate surface area is 200 Å². The van der Waals surface area contributed by atoms with E-state index >= 15 is 0 Å². The van der Waals surface area contributed by atoms with Crippen molar-refractivity contribution in [1.29, 1.82) is 0 Å². The number of aliphatic hydroxyl groups is 1. The summed E-state index contributed by atoms with van der Waals surface area (Å²) in [7, 11) is 0. The summed E-state index contributed by atoms with van der Waals surface area (Å²) < 4.78 is 5.05. The zero-order valence-electron chi connectivity index (χ0n) is 19.0. The Hall–Kier alpha value is -4.28. The SMILES string of the molecule is CCOC(=O)N1CCC(N2C(=O)C(=O)/C(=C(/O)c3cccc([N+](=O)[O-])c3)C2c2ccccn2)CC1. The van der Waals surface area contributed by atoms with Gasteiger partial charge in [-0.05, 0) is 31.9 Å². The van der Waals surface area contributed by atoms with Crippen LogP contribution >= 0.6 is 0 Å². The van der Waals surface area contributed by atoms with Crippen LogP contribution in [0.1, 0.15) is 37.1 Å². The number of nitrogens with zero attached hydrogens (tertiary/aromatic N) is 4. The fourth-order valence-electron chi connectivity index (χ4n) is 4.52. The number of piperidine rings is 1. The van der Waals surface area contributed by atoms with Crippen LogP contribution in [-0.4, -0.2) is 68.3 Å². The number of nitro groups is 1. The zero-order chi connectivity index (χ0) is 25.1. The van der Waals surface area contributed by atoms with Crippen LogP contribution < -0.4 is 0 Å². The number of likely N-dealkylation sites (tertiary alicyclic amines) is 2. The number of amides is 2. The van der Waals surface area contributed by atoms with Gasteiger partial charge in [0.25, 0.3) is 17.4 Å². The molecular formula is C24H24N4O7. The molecule has 0 aliphatic carbocycles. The van der Waals surface area contributed by atoms with E-state index in [-0.39, 0.29) is 29.5 Å². The van der Waals surface area contributed by atoms with E-state index in [0.717, 1.165) is 6.07 Å². The van der Waals surface area contributed by atoms with E-state index in [1.807, 2.05) is 0 Å². The fraction of sp³-hybridized carbons (Fsp3) is 0.333. The van der Waals surface area contributed by atoms with Gasteiger partial charge in [0.15, 0.2) is 0 Å². The van der Waals surface area contributed by atoms with Crippen LogP contribution in [0.4, 0.5) is 10.5 Å². The largest absolute Gasteiger partial charge is 0.507 e. The maximum Gasteiger partial charge on any atom is 0.409 e. The minimum atomic E-state index is -0.977. The number of aliphatic hydroxyl groups excluding tert-OH is 1. The van der Waals surface area contributed by atoms with Crippen LogP contribution in [0.25, 0.3) is 5.76 Å². The predicted molar refractivity (Wildman–Crippen MR) is 123 cm³/mol. The Morgan fingerprint density at radius 3 is 2.57 bits per heavy atom. The summed E-state index contributed by atoms with van der Waals surface area (Å²) in [6, 6.07) is 8.92. The summed E-state index contributed by atoms with van der Waals surface area (Å²) in [4.78, 5) is 56.4. The molecule has 1 aromatic heterocycles. The van der Waals surface area contributed by atoms with E-state index in [2.05, 4.69) is 4.98 Å². The molecule has 1 N–H and O–H groups in total. The second-order valence-electron chi connectivity index (χ2n) is 8.19. The lowest BCUT2D eigenvalue weighted by atomic mass is 9.96. The smallest absolute Gasteiger partial charge is 0.409 e. The summed E-state index contributed by atoms with van der Waals surface area (Å²) in [5.74, 6) is -2.19. The molecule has 4 rings (SSSR count). The number of ether oxygens (including phenoxy) is 1. The molecule has 1 atom stereocenters. The fourth-order valence-corrected chi connectivity index (χ4v) is 4.52. The molecule has 0 saturated carbocycles. The van der Waals surface area contributed by atoms with E-state index in [1.165, 1.54) is 29.3 Å². The van der Waals surface area contributed by atoms with E-state index in [1.54, 1.807) is 30.0 Å². The number of ketones is 1. The first-order chi connectivity index (χ1) is 16.8. The third kappa shape index (κ3) is 4.57. The van der Waals surface area contributed by atoms with Gasteiger partial charge >= 0.3 is 6.09 Å². The predicted octanol–water partition coefficient (Wildman–Crippen LogP) is 3.03. The van der Waals surface area contributed by atoms with Crippen LogP contribution in [0.5, 0.6) is 0 Å². The molecular weight excluding hydrogens is 456 g/mol. The summed E-state index contributed by atoms with van der Waals surface area (Å²) in [5.41, 5.74) is -0.00668. The quantitative estimate of drug-likeness (QED) is 0.226. The van der Waals surface area contributed by atoms with Crippen molar-refractivity contribution in [1.82, 2.24) is 14.8 Å². The van der Waals surface area contributed by atoms with Gasteiger partial charge in [-0.3, -0.25) is 24.7 Å². The maximum absolute atomic E-state index is 13.2. The molecule has 11 nitrogen and oxygen atoms in total. The number of pyridine rings is 1. The number of Topliss-reactive ketones (excluding diaryl/α,β-unsaturated/α-hetero) is 1. The number of benzene rings is 1. The Morgan fingerprint density at radius 2 is 1.94 bits per heavy atom. The normalized spacial score (nSPS) is 20.2. The number of rotatable bonds is 5. The minimum absolute atomic E-state index is 0.0512. The number of nitro benzene ring substituents is 1. The van der Waals surface area contributed by atoms with Crippen molar-refractivity contribution < 1.29 is 29.2 Å². The Bertz CT molecular complexity index is 1190. The van der Waals surface area contributed by atoms with Crippen LogP contribution in [0.3, 0.4) is 0 Å². The highest BCUT2D eigenvalue weighted by molar-refractivity contribution is 6.46. The van der Waals surface area contributed by atoms with Gasteiger partial charge in [-0.15, -0.1) is 0 Å². The van der Waals surface area contributed by atoms with E-state index < -0.39 is 34.5 Å². The van der Waals surface area contributed by atoms with Gasteiger partial charge in [-0.1, -0.05) is 18.2 Å². The molecule has 2 aliphatic rings. The molecule has 2 aromatic rings. The second-order valence-corrected chi connectivity index (χ2v) is 8.19. The van der Waals surface area contributed by atoms with Crippen molar-refractivity contribution in [2.24, 2.45) is 0 Å². The van der Waals surface area contributed by atoms with Crippen LogP contribution in [0.2, 0.25) is 0 Å². The average Bonchev–Trinajstić information content (AvgIpc) is 3.14. The lowest BCUT2D eigenvalue weighted by Crippen LogP contribution is -2.48. The molecule has 11 heteroatoms. The third-order valence-electron chi connectivity index (χ3n) is 6.16. The van der Waals surface area contributed by atoms with E-state index in [4.69, 9.17) is 4.74 Å². The highest BCUT2D eigenvalue weighted by atomic mass is 16.6. The first kappa shape index (κ1) is 23.9. The molecule has 3 heterocycles. The van der Waals surface area contributed by atoms with Crippen molar-refractivity contribution in [3.8, 4) is 0 Å². The van der Waals surface area contributed by atoms with E-state index in [0.29, 0.717) is 31.6 Å². The molecule has 0 bridgehead atoms. The van der Waals surface area contributed by atoms with Crippen LogP contribution in [0.15, 0.2) is 54.2 Å². The number of aromatic nitrogens is 1. The van der Waals surface area contributed by atoms with Gasteiger partial charge in [0.05, 0.1) is 22.8 Å². The first-order valence-corrected chi connectivity index (χ1v) is 11.2. The zero-order valence-corrected chi connectivity index (χ0v) is 19.0.